The van der Waals surface area contributed by atoms with Crippen molar-refractivity contribution in [2.24, 2.45) is 11.8 Å². The van der Waals surface area contributed by atoms with Gasteiger partial charge in [-0.2, -0.15) is 0 Å². The van der Waals surface area contributed by atoms with Gasteiger partial charge in [0.15, 0.2) is 0 Å². The number of ether oxygens (including phenoxy) is 1. The summed E-state index contributed by atoms with van der Waals surface area (Å²) in [4.78, 5) is 41.1. The highest BCUT2D eigenvalue weighted by molar-refractivity contribution is 6.01. The molecule has 0 unspecified atom stereocenters. The van der Waals surface area contributed by atoms with Crippen LogP contribution in [0.15, 0.2) is 48.7 Å². The van der Waals surface area contributed by atoms with Crippen molar-refractivity contribution in [2.75, 3.05) is 12.4 Å². The monoisotopic (exact) mass is 395 g/mol. The molecule has 1 fully saturated rings. The molecule has 0 spiro atoms. The minimum atomic E-state index is -0.491. The summed E-state index contributed by atoms with van der Waals surface area (Å²) in [5.41, 5.74) is 1.59. The lowest BCUT2D eigenvalue weighted by atomic mass is 9.81. The molecule has 7 nitrogen and oxygen atoms in total. The van der Waals surface area contributed by atoms with E-state index in [1.807, 2.05) is 18.2 Å². The summed E-state index contributed by atoms with van der Waals surface area (Å²) in [6.45, 7) is 0.407. The maximum atomic E-state index is 12.6. The highest BCUT2D eigenvalue weighted by Crippen LogP contribution is 2.30. The maximum Gasteiger partial charge on any atom is 0.339 e. The fourth-order valence-electron chi connectivity index (χ4n) is 3.56. The number of amides is 2. The molecule has 1 saturated carbocycles. The second-order valence-electron chi connectivity index (χ2n) is 7.11. The molecular formula is C22H25N3O4. The Morgan fingerprint density at radius 1 is 0.966 bits per heavy atom. The number of aromatic nitrogens is 1. The molecule has 0 bridgehead atoms. The Labute approximate surface area is 169 Å². The van der Waals surface area contributed by atoms with E-state index in [0.29, 0.717) is 43.5 Å². The van der Waals surface area contributed by atoms with Gasteiger partial charge in [0.05, 0.1) is 30.6 Å². The van der Waals surface area contributed by atoms with Crippen molar-refractivity contribution in [2.45, 2.75) is 32.2 Å². The van der Waals surface area contributed by atoms with Crippen LogP contribution in [-0.2, 0) is 20.9 Å². The zero-order valence-electron chi connectivity index (χ0n) is 16.4. The van der Waals surface area contributed by atoms with Gasteiger partial charge in [-0.15, -0.1) is 0 Å². The summed E-state index contributed by atoms with van der Waals surface area (Å²) in [7, 11) is 1.31. The van der Waals surface area contributed by atoms with E-state index in [2.05, 4.69) is 15.6 Å². The number of methoxy groups -OCH3 is 1. The SMILES string of the molecule is COC(=O)c1ccccc1NC(=O)C1CCC(C(=O)NCc2ccccn2)CC1. The smallest absolute Gasteiger partial charge is 0.339 e. The van der Waals surface area contributed by atoms with Gasteiger partial charge in [0.25, 0.3) is 0 Å². The van der Waals surface area contributed by atoms with Crippen LogP contribution >= 0.6 is 0 Å². The third-order valence-electron chi connectivity index (χ3n) is 5.23. The van der Waals surface area contributed by atoms with Crippen LogP contribution in [0.4, 0.5) is 5.69 Å². The maximum absolute atomic E-state index is 12.6. The number of anilines is 1. The quantitative estimate of drug-likeness (QED) is 0.733. The molecule has 1 aromatic carbocycles. The first kappa shape index (κ1) is 20.5. The number of pyridine rings is 1. The molecule has 29 heavy (non-hydrogen) atoms. The lowest BCUT2D eigenvalue weighted by molar-refractivity contribution is -0.128. The molecule has 0 saturated heterocycles. The number of benzene rings is 1. The van der Waals surface area contributed by atoms with Crippen LogP contribution in [-0.4, -0.2) is 29.9 Å². The zero-order chi connectivity index (χ0) is 20.6. The van der Waals surface area contributed by atoms with E-state index in [4.69, 9.17) is 4.74 Å². The van der Waals surface area contributed by atoms with Gasteiger partial charge in [0.2, 0.25) is 11.8 Å². The molecule has 0 atom stereocenters. The van der Waals surface area contributed by atoms with Crippen molar-refractivity contribution in [1.82, 2.24) is 10.3 Å². The Bertz CT molecular complexity index is 861. The van der Waals surface area contributed by atoms with Crippen molar-refractivity contribution in [1.29, 1.82) is 0 Å². The van der Waals surface area contributed by atoms with Crippen LogP contribution in [0, 0.1) is 11.8 Å². The number of hydrogen-bond acceptors (Lipinski definition) is 5. The van der Waals surface area contributed by atoms with E-state index in [1.165, 1.54) is 7.11 Å². The predicted octanol–water partition coefficient (Wildman–Crippen LogP) is 2.93. The minimum absolute atomic E-state index is 0.00514. The molecule has 0 radical (unpaired) electrons. The molecule has 1 aliphatic carbocycles. The molecule has 0 aliphatic heterocycles. The van der Waals surface area contributed by atoms with Crippen LogP contribution in [0.25, 0.3) is 0 Å². The first-order valence-electron chi connectivity index (χ1n) is 9.74. The van der Waals surface area contributed by atoms with Crippen molar-refractivity contribution >= 4 is 23.5 Å². The fraction of sp³-hybridized carbons (Fsp3) is 0.364. The molecule has 7 heteroatoms. The fourth-order valence-corrected chi connectivity index (χ4v) is 3.56. The van der Waals surface area contributed by atoms with Crippen LogP contribution in [0.2, 0.25) is 0 Å². The van der Waals surface area contributed by atoms with E-state index in [9.17, 15) is 14.4 Å². The Kier molecular flexibility index (Phi) is 6.94. The summed E-state index contributed by atoms with van der Waals surface area (Å²) < 4.78 is 4.76. The van der Waals surface area contributed by atoms with Crippen molar-refractivity contribution < 1.29 is 19.1 Å². The van der Waals surface area contributed by atoms with Gasteiger partial charge in [-0.3, -0.25) is 14.6 Å². The molecule has 1 aliphatic rings. The Morgan fingerprint density at radius 2 is 1.62 bits per heavy atom. The van der Waals surface area contributed by atoms with E-state index in [1.54, 1.807) is 30.5 Å². The number of nitrogens with zero attached hydrogens (tertiary/aromatic N) is 1. The summed E-state index contributed by atoms with van der Waals surface area (Å²) in [5.74, 6) is -0.890. The van der Waals surface area contributed by atoms with Crippen LogP contribution in [0.5, 0.6) is 0 Å². The summed E-state index contributed by atoms with van der Waals surface area (Å²) >= 11 is 0. The third kappa shape index (κ3) is 5.40. The van der Waals surface area contributed by atoms with Gasteiger partial charge < -0.3 is 15.4 Å². The van der Waals surface area contributed by atoms with Gasteiger partial charge in [0, 0.05) is 18.0 Å². The van der Waals surface area contributed by atoms with Gasteiger partial charge in [-0.1, -0.05) is 18.2 Å². The summed E-state index contributed by atoms with van der Waals surface area (Å²) in [6.07, 6.45) is 4.28. The van der Waals surface area contributed by atoms with Gasteiger partial charge >= 0.3 is 5.97 Å². The van der Waals surface area contributed by atoms with E-state index in [0.717, 1.165) is 5.69 Å². The molecule has 1 aromatic heterocycles. The number of carbonyl (C=O) groups excluding carboxylic acids is 3. The standard InChI is InChI=1S/C22H25N3O4/c1-29-22(28)18-7-2-3-8-19(18)25-21(27)16-11-9-15(10-12-16)20(26)24-14-17-6-4-5-13-23-17/h2-8,13,15-16H,9-12,14H2,1H3,(H,24,26)(H,25,27). The van der Waals surface area contributed by atoms with E-state index >= 15 is 0 Å². The highest BCUT2D eigenvalue weighted by Gasteiger charge is 2.30. The van der Waals surface area contributed by atoms with E-state index < -0.39 is 5.97 Å². The van der Waals surface area contributed by atoms with Crippen LogP contribution in [0.1, 0.15) is 41.7 Å². The molecular weight excluding hydrogens is 370 g/mol. The van der Waals surface area contributed by atoms with Crippen molar-refractivity contribution in [3.63, 3.8) is 0 Å². The summed E-state index contributed by atoms with van der Waals surface area (Å²) in [5, 5.41) is 5.76. The van der Waals surface area contributed by atoms with Crippen molar-refractivity contribution in [3.8, 4) is 0 Å². The lowest BCUT2D eigenvalue weighted by Crippen LogP contribution is -2.35. The number of nitrogens with one attached hydrogen (secondary N) is 2. The van der Waals surface area contributed by atoms with E-state index in [-0.39, 0.29) is 23.7 Å². The number of esters is 1. The second-order valence-corrected chi connectivity index (χ2v) is 7.11. The molecule has 1 heterocycles. The summed E-state index contributed by atoms with van der Waals surface area (Å²) in [6, 6.07) is 12.4. The topological polar surface area (TPSA) is 97.4 Å². The largest absolute Gasteiger partial charge is 0.465 e. The minimum Gasteiger partial charge on any atom is -0.465 e. The molecule has 152 valence electrons. The van der Waals surface area contributed by atoms with Crippen LogP contribution < -0.4 is 10.6 Å². The number of hydrogen-bond donors (Lipinski definition) is 2. The number of carbonyl (C=O) groups is 3. The average Bonchev–Trinajstić information content (AvgIpc) is 2.78. The average molecular weight is 395 g/mol. The Hall–Kier alpha value is -3.22. The Balaban J connectivity index is 1.50. The predicted molar refractivity (Wildman–Crippen MR) is 108 cm³/mol. The third-order valence-corrected chi connectivity index (χ3v) is 5.23. The lowest BCUT2D eigenvalue weighted by Gasteiger charge is -2.27. The van der Waals surface area contributed by atoms with Gasteiger partial charge in [0.1, 0.15) is 0 Å². The zero-order valence-corrected chi connectivity index (χ0v) is 16.4. The molecule has 2 aromatic rings. The van der Waals surface area contributed by atoms with Gasteiger partial charge in [-0.05, 0) is 49.9 Å². The van der Waals surface area contributed by atoms with Crippen LogP contribution in [0.3, 0.4) is 0 Å². The first-order chi connectivity index (χ1) is 14.1. The molecule has 3 rings (SSSR count). The number of para-hydroxylation sites is 1. The number of rotatable bonds is 6. The highest BCUT2D eigenvalue weighted by atomic mass is 16.5. The van der Waals surface area contributed by atoms with Gasteiger partial charge in [-0.25, -0.2) is 4.79 Å². The Morgan fingerprint density at radius 3 is 2.28 bits per heavy atom. The normalized spacial score (nSPS) is 18.5. The first-order valence-corrected chi connectivity index (χ1v) is 9.74. The molecule has 2 amide bonds. The second kappa shape index (κ2) is 9.82. The van der Waals surface area contributed by atoms with Crippen molar-refractivity contribution in [3.05, 3.63) is 59.9 Å². The molecule has 2 N–H and O–H groups in total.